The molecule has 0 unspecified atom stereocenters. The lowest BCUT2D eigenvalue weighted by Gasteiger charge is -2.03. The Morgan fingerprint density at radius 1 is 1.30 bits per heavy atom. The minimum Gasteiger partial charge on any atom is -0.335 e. The number of hydrogen-bond donors (Lipinski definition) is 1. The molecule has 0 radical (unpaired) electrons. The number of nitrogens with zero attached hydrogens (tertiary/aromatic N) is 3. The second-order valence-corrected chi connectivity index (χ2v) is 4.52. The summed E-state index contributed by atoms with van der Waals surface area (Å²) < 4.78 is 1.82. The Kier molecular flexibility index (Phi) is 3.26. The first-order valence-electron chi connectivity index (χ1n) is 6.39. The Balaban J connectivity index is 2.03. The highest BCUT2D eigenvalue weighted by atomic mass is 16.1. The average Bonchev–Trinajstić information content (AvgIpc) is 2.95. The number of fused-ring (bicyclic) bond motifs is 1. The number of pyridine rings is 1. The van der Waals surface area contributed by atoms with E-state index >= 15 is 0 Å². The fourth-order valence-corrected chi connectivity index (χ4v) is 2.20. The number of imidazole rings is 1. The zero-order valence-electron chi connectivity index (χ0n) is 10.9. The van der Waals surface area contributed by atoms with Crippen molar-refractivity contribution < 1.29 is 4.79 Å². The third kappa shape index (κ3) is 2.19. The van der Waals surface area contributed by atoms with Crippen LogP contribution in [0, 0.1) is 0 Å². The van der Waals surface area contributed by atoms with Crippen molar-refractivity contribution in [1.82, 2.24) is 14.5 Å². The fourth-order valence-electron chi connectivity index (χ4n) is 2.20. The summed E-state index contributed by atoms with van der Waals surface area (Å²) >= 11 is 0. The van der Waals surface area contributed by atoms with Crippen LogP contribution in [0.2, 0.25) is 0 Å². The summed E-state index contributed by atoms with van der Waals surface area (Å²) in [5.41, 5.74) is 6.53. The van der Waals surface area contributed by atoms with Crippen molar-refractivity contribution >= 4 is 16.6 Å². The molecular weight excluding hydrogens is 252 g/mol. The molecule has 3 aromatic rings. The van der Waals surface area contributed by atoms with Crippen LogP contribution in [0.25, 0.3) is 10.8 Å². The molecule has 5 heteroatoms. The Bertz CT molecular complexity index is 758. The molecule has 5 nitrogen and oxygen atoms in total. The van der Waals surface area contributed by atoms with Crippen molar-refractivity contribution in [2.24, 2.45) is 5.73 Å². The van der Waals surface area contributed by atoms with E-state index in [4.69, 9.17) is 5.73 Å². The van der Waals surface area contributed by atoms with Crippen LogP contribution in [0.4, 0.5) is 0 Å². The van der Waals surface area contributed by atoms with Gasteiger partial charge in [0.05, 0.1) is 6.33 Å². The van der Waals surface area contributed by atoms with Crippen molar-refractivity contribution in [1.29, 1.82) is 0 Å². The number of nitrogens with two attached hydrogens (primary N) is 1. The molecule has 0 atom stereocenters. The van der Waals surface area contributed by atoms with Gasteiger partial charge in [0.2, 0.25) is 5.78 Å². The zero-order valence-corrected chi connectivity index (χ0v) is 10.9. The first-order chi connectivity index (χ1) is 9.79. The molecule has 2 N–H and O–H groups in total. The van der Waals surface area contributed by atoms with Crippen LogP contribution in [-0.4, -0.2) is 26.9 Å². The number of hydrogen-bond acceptors (Lipinski definition) is 4. The van der Waals surface area contributed by atoms with E-state index in [1.54, 1.807) is 31.0 Å². The predicted octanol–water partition coefficient (Wildman–Crippen LogP) is 1.62. The minimum atomic E-state index is -0.0978. The highest BCUT2D eigenvalue weighted by molar-refractivity contribution is 6.15. The number of aromatic nitrogens is 3. The third-order valence-corrected chi connectivity index (χ3v) is 3.18. The quantitative estimate of drug-likeness (QED) is 0.728. The van der Waals surface area contributed by atoms with Crippen molar-refractivity contribution in [3.63, 3.8) is 0 Å². The molecule has 0 fully saturated rings. The lowest BCUT2D eigenvalue weighted by atomic mass is 10.0. The van der Waals surface area contributed by atoms with E-state index in [2.05, 4.69) is 9.97 Å². The van der Waals surface area contributed by atoms with Gasteiger partial charge in [-0.3, -0.25) is 9.78 Å². The Morgan fingerprint density at radius 3 is 3.05 bits per heavy atom. The summed E-state index contributed by atoms with van der Waals surface area (Å²) in [5.74, 6) is -0.0978. The molecule has 2 heterocycles. The number of carbonyl (C=O) groups is 1. The molecule has 0 spiro atoms. The van der Waals surface area contributed by atoms with Crippen molar-refractivity contribution in [2.75, 3.05) is 6.54 Å². The monoisotopic (exact) mass is 266 g/mol. The molecular formula is C15H14N4O. The average molecular weight is 266 g/mol. The summed E-state index contributed by atoms with van der Waals surface area (Å²) in [6, 6.07) is 7.51. The van der Waals surface area contributed by atoms with Gasteiger partial charge in [0.25, 0.3) is 0 Å². The van der Waals surface area contributed by atoms with Gasteiger partial charge in [-0.25, -0.2) is 4.98 Å². The first-order valence-corrected chi connectivity index (χ1v) is 6.39. The van der Waals surface area contributed by atoms with E-state index in [0.29, 0.717) is 24.3 Å². The predicted molar refractivity (Wildman–Crippen MR) is 76.5 cm³/mol. The molecule has 3 rings (SSSR count). The van der Waals surface area contributed by atoms with Crippen LogP contribution >= 0.6 is 0 Å². The maximum Gasteiger partial charge on any atom is 0.213 e. The van der Waals surface area contributed by atoms with E-state index in [9.17, 15) is 4.79 Å². The molecule has 0 bridgehead atoms. The molecule has 0 amide bonds. The smallest absolute Gasteiger partial charge is 0.213 e. The lowest BCUT2D eigenvalue weighted by molar-refractivity contribution is 0.103. The van der Waals surface area contributed by atoms with Crippen molar-refractivity contribution in [3.8, 4) is 0 Å². The van der Waals surface area contributed by atoms with Crippen LogP contribution in [0.5, 0.6) is 0 Å². The highest BCUT2D eigenvalue weighted by Gasteiger charge is 2.14. The molecule has 0 aliphatic heterocycles. The SMILES string of the molecule is NCCn1cnc(C(=O)c2cccc3ccncc23)c1. The molecule has 0 aliphatic carbocycles. The topological polar surface area (TPSA) is 73.8 Å². The normalized spacial score (nSPS) is 10.8. The standard InChI is InChI=1S/C15H14N4O/c16-5-7-19-9-14(18-10-19)15(20)12-3-1-2-11-4-6-17-8-13(11)12/h1-4,6,8-10H,5,7,16H2. The van der Waals surface area contributed by atoms with Crippen LogP contribution in [0.1, 0.15) is 16.1 Å². The summed E-state index contributed by atoms with van der Waals surface area (Å²) in [7, 11) is 0. The molecule has 1 aromatic carbocycles. The van der Waals surface area contributed by atoms with Gasteiger partial charge >= 0.3 is 0 Å². The van der Waals surface area contributed by atoms with Gasteiger partial charge in [-0.1, -0.05) is 18.2 Å². The molecule has 20 heavy (non-hydrogen) atoms. The Labute approximate surface area is 116 Å². The van der Waals surface area contributed by atoms with Crippen molar-refractivity contribution in [3.05, 3.63) is 60.4 Å². The van der Waals surface area contributed by atoms with Gasteiger partial charge in [0.15, 0.2) is 0 Å². The Hall–Kier alpha value is -2.53. The molecule has 0 saturated heterocycles. The maximum atomic E-state index is 12.5. The van der Waals surface area contributed by atoms with Crippen LogP contribution in [0.15, 0.2) is 49.2 Å². The largest absolute Gasteiger partial charge is 0.335 e. The number of ketones is 1. The second kappa shape index (κ2) is 5.22. The fraction of sp³-hybridized carbons (Fsp3) is 0.133. The number of benzene rings is 1. The first kappa shape index (κ1) is 12.5. The zero-order chi connectivity index (χ0) is 13.9. The number of rotatable bonds is 4. The van der Waals surface area contributed by atoms with Crippen molar-refractivity contribution in [2.45, 2.75) is 6.54 Å². The molecule has 0 saturated carbocycles. The van der Waals surface area contributed by atoms with Crippen LogP contribution < -0.4 is 5.73 Å². The highest BCUT2D eigenvalue weighted by Crippen LogP contribution is 2.19. The van der Waals surface area contributed by atoms with E-state index in [1.165, 1.54) is 0 Å². The third-order valence-electron chi connectivity index (χ3n) is 3.18. The van der Waals surface area contributed by atoms with Crippen LogP contribution in [-0.2, 0) is 6.54 Å². The van der Waals surface area contributed by atoms with Gasteiger partial charge in [-0.2, -0.15) is 0 Å². The van der Waals surface area contributed by atoms with Gasteiger partial charge in [-0.15, -0.1) is 0 Å². The molecule has 0 aliphatic rings. The van der Waals surface area contributed by atoms with Gasteiger partial charge in [-0.05, 0) is 11.5 Å². The summed E-state index contributed by atoms with van der Waals surface area (Å²) in [4.78, 5) is 20.8. The van der Waals surface area contributed by atoms with E-state index in [-0.39, 0.29) is 5.78 Å². The lowest BCUT2D eigenvalue weighted by Crippen LogP contribution is -2.08. The molecule has 2 aromatic heterocycles. The number of carbonyl (C=O) groups excluding carboxylic acids is 1. The second-order valence-electron chi connectivity index (χ2n) is 4.52. The minimum absolute atomic E-state index is 0.0978. The van der Waals surface area contributed by atoms with Gasteiger partial charge in [0, 0.05) is 42.6 Å². The van der Waals surface area contributed by atoms with E-state index in [0.717, 1.165) is 10.8 Å². The maximum absolute atomic E-state index is 12.5. The van der Waals surface area contributed by atoms with E-state index < -0.39 is 0 Å². The van der Waals surface area contributed by atoms with Gasteiger partial charge in [0.1, 0.15) is 5.69 Å². The summed E-state index contributed by atoms with van der Waals surface area (Å²) in [6.07, 6.45) is 6.78. The summed E-state index contributed by atoms with van der Waals surface area (Å²) in [6.45, 7) is 1.17. The Morgan fingerprint density at radius 2 is 2.20 bits per heavy atom. The van der Waals surface area contributed by atoms with Gasteiger partial charge < -0.3 is 10.3 Å². The molecule has 100 valence electrons. The summed E-state index contributed by atoms with van der Waals surface area (Å²) in [5, 5.41) is 1.83. The van der Waals surface area contributed by atoms with Crippen LogP contribution in [0.3, 0.4) is 0 Å². The van der Waals surface area contributed by atoms with E-state index in [1.807, 2.05) is 22.8 Å².